The molecule has 0 aliphatic heterocycles. The molecule has 28 heavy (non-hydrogen) atoms. The second kappa shape index (κ2) is 9.32. The first kappa shape index (κ1) is 20.5. The van der Waals surface area contributed by atoms with Crippen molar-refractivity contribution >= 4 is 32.9 Å². The summed E-state index contributed by atoms with van der Waals surface area (Å²) in [4.78, 5) is 19.6. The predicted molar refractivity (Wildman–Crippen MR) is 114 cm³/mol. The van der Waals surface area contributed by atoms with Crippen LogP contribution in [0.2, 0.25) is 0 Å². The minimum atomic E-state index is -0.298. The maximum atomic E-state index is 13.7. The van der Waals surface area contributed by atoms with E-state index in [9.17, 15) is 9.18 Å². The summed E-state index contributed by atoms with van der Waals surface area (Å²) >= 11 is 3.44. The molecule has 0 unspecified atom stereocenters. The van der Waals surface area contributed by atoms with Crippen molar-refractivity contribution in [1.29, 1.82) is 0 Å². The van der Waals surface area contributed by atoms with Crippen molar-refractivity contribution < 1.29 is 9.18 Å². The molecule has 4 nitrogen and oxygen atoms in total. The van der Waals surface area contributed by atoms with Crippen molar-refractivity contribution in [2.75, 3.05) is 6.54 Å². The molecule has 0 saturated carbocycles. The van der Waals surface area contributed by atoms with Crippen molar-refractivity contribution in [3.8, 4) is 0 Å². The van der Waals surface area contributed by atoms with E-state index in [1.165, 1.54) is 12.1 Å². The Hall–Kier alpha value is -2.21. The summed E-state index contributed by atoms with van der Waals surface area (Å²) in [6, 6.07) is 12.1. The summed E-state index contributed by atoms with van der Waals surface area (Å²) in [5, 5.41) is 0. The van der Waals surface area contributed by atoms with Gasteiger partial charge in [-0.3, -0.25) is 4.79 Å². The van der Waals surface area contributed by atoms with Crippen LogP contribution in [0, 0.1) is 5.82 Å². The Morgan fingerprint density at radius 2 is 2.00 bits per heavy atom. The monoisotopic (exact) mass is 445 g/mol. The van der Waals surface area contributed by atoms with Gasteiger partial charge in [-0.1, -0.05) is 42.3 Å². The van der Waals surface area contributed by atoms with E-state index in [1.54, 1.807) is 6.07 Å². The number of carbonyl (C=O) groups is 1. The Morgan fingerprint density at radius 1 is 1.18 bits per heavy atom. The Morgan fingerprint density at radius 3 is 2.71 bits per heavy atom. The third-order valence-corrected chi connectivity index (χ3v) is 5.20. The number of fused-ring (bicyclic) bond motifs is 1. The summed E-state index contributed by atoms with van der Waals surface area (Å²) in [5.74, 6) is 0.478. The molecule has 0 atom stereocenters. The molecule has 2 aromatic carbocycles. The van der Waals surface area contributed by atoms with E-state index in [4.69, 9.17) is 0 Å². The third-order valence-electron chi connectivity index (χ3n) is 4.71. The highest BCUT2D eigenvalue weighted by atomic mass is 79.9. The average Bonchev–Trinajstić information content (AvgIpc) is 3.01. The molecule has 1 aromatic heterocycles. The number of aryl methyl sites for hydroxylation is 1. The van der Waals surface area contributed by atoms with Gasteiger partial charge < -0.3 is 9.47 Å². The topological polar surface area (TPSA) is 38.1 Å². The first-order valence-corrected chi connectivity index (χ1v) is 10.5. The first-order chi connectivity index (χ1) is 13.5. The quantitative estimate of drug-likeness (QED) is 0.439. The number of aromatic nitrogens is 2. The molecule has 0 bridgehead atoms. The smallest absolute Gasteiger partial charge is 0.254 e. The number of nitrogens with zero attached hydrogens (tertiary/aromatic N) is 3. The minimum Gasteiger partial charge on any atom is -0.331 e. The fraction of sp³-hybridized carbons (Fsp3) is 0.364. The van der Waals surface area contributed by atoms with E-state index in [0.29, 0.717) is 24.2 Å². The van der Waals surface area contributed by atoms with Crippen molar-refractivity contribution in [2.24, 2.45) is 0 Å². The lowest BCUT2D eigenvalue weighted by molar-refractivity contribution is 0.0734. The Labute approximate surface area is 173 Å². The second-order valence-electron chi connectivity index (χ2n) is 6.90. The van der Waals surface area contributed by atoms with Crippen molar-refractivity contribution in [2.45, 2.75) is 46.2 Å². The molecule has 3 rings (SSSR count). The fourth-order valence-corrected chi connectivity index (χ4v) is 3.72. The summed E-state index contributed by atoms with van der Waals surface area (Å²) in [6.45, 7) is 6.05. The lowest BCUT2D eigenvalue weighted by Crippen LogP contribution is -2.32. The molecule has 0 aliphatic rings. The molecular formula is C22H25BrFN3O. The molecule has 1 heterocycles. The molecule has 6 heteroatoms. The summed E-state index contributed by atoms with van der Waals surface area (Å²) in [7, 11) is 0. The zero-order valence-electron chi connectivity index (χ0n) is 16.3. The maximum absolute atomic E-state index is 13.7. The lowest BCUT2D eigenvalue weighted by atomic mass is 10.2. The van der Waals surface area contributed by atoms with Gasteiger partial charge in [0.1, 0.15) is 11.6 Å². The number of unbranched alkanes of at least 4 members (excludes halogenated alkanes) is 1. The number of rotatable bonds is 8. The fourth-order valence-electron chi connectivity index (χ4n) is 3.32. The standard InChI is InChI=1S/C22H25BrFN3O/c1-3-5-12-26(22(28)16-7-6-8-17(23)13-16)15-21-25-19-14-18(24)9-10-20(19)27(21)11-4-2/h6-10,13-14H,3-5,11-12,15H2,1-2H3. The Bertz CT molecular complexity index is 970. The second-order valence-corrected chi connectivity index (χ2v) is 7.82. The lowest BCUT2D eigenvalue weighted by Gasteiger charge is -2.23. The predicted octanol–water partition coefficient (Wildman–Crippen LogP) is 5.79. The Balaban J connectivity index is 1.96. The normalized spacial score (nSPS) is 11.1. The van der Waals surface area contributed by atoms with Gasteiger partial charge in [0.05, 0.1) is 17.6 Å². The molecule has 148 valence electrons. The maximum Gasteiger partial charge on any atom is 0.254 e. The van der Waals surface area contributed by atoms with Gasteiger partial charge in [0.2, 0.25) is 0 Å². The highest BCUT2D eigenvalue weighted by Crippen LogP contribution is 2.21. The highest BCUT2D eigenvalue weighted by Gasteiger charge is 2.20. The molecule has 0 aliphatic carbocycles. The van der Waals surface area contributed by atoms with E-state index in [0.717, 1.165) is 41.6 Å². The van der Waals surface area contributed by atoms with E-state index in [-0.39, 0.29) is 11.7 Å². The highest BCUT2D eigenvalue weighted by molar-refractivity contribution is 9.10. The zero-order chi connectivity index (χ0) is 20.1. The number of amides is 1. The van der Waals surface area contributed by atoms with Crippen LogP contribution in [0.5, 0.6) is 0 Å². The average molecular weight is 446 g/mol. The summed E-state index contributed by atoms with van der Waals surface area (Å²) in [5.41, 5.74) is 2.19. The molecule has 0 saturated heterocycles. The van der Waals surface area contributed by atoms with E-state index < -0.39 is 0 Å². The molecule has 0 fully saturated rings. The SMILES string of the molecule is CCCCN(Cc1nc2cc(F)ccc2n1CCC)C(=O)c1cccc(Br)c1. The van der Waals surface area contributed by atoms with Gasteiger partial charge in [0.15, 0.2) is 0 Å². The number of benzene rings is 2. The number of hydrogen-bond donors (Lipinski definition) is 0. The van der Waals surface area contributed by atoms with Gasteiger partial charge in [-0.2, -0.15) is 0 Å². The van der Waals surface area contributed by atoms with Crippen LogP contribution in [0.1, 0.15) is 49.3 Å². The van der Waals surface area contributed by atoms with Gasteiger partial charge in [-0.05, 0) is 43.2 Å². The number of halogens is 2. The zero-order valence-corrected chi connectivity index (χ0v) is 17.9. The molecule has 0 radical (unpaired) electrons. The molecular weight excluding hydrogens is 421 g/mol. The molecule has 0 N–H and O–H groups in total. The van der Waals surface area contributed by atoms with Gasteiger partial charge >= 0.3 is 0 Å². The molecule has 0 spiro atoms. The summed E-state index contributed by atoms with van der Waals surface area (Å²) in [6.07, 6.45) is 2.85. The van der Waals surface area contributed by atoms with Crippen molar-refractivity contribution in [3.05, 3.63) is 64.1 Å². The van der Waals surface area contributed by atoms with Crippen LogP contribution >= 0.6 is 15.9 Å². The van der Waals surface area contributed by atoms with Crippen LogP contribution in [0.4, 0.5) is 4.39 Å². The number of carbonyl (C=O) groups excluding carboxylic acids is 1. The Kier molecular flexibility index (Phi) is 6.83. The van der Waals surface area contributed by atoms with Crippen LogP contribution in [0.3, 0.4) is 0 Å². The minimum absolute atomic E-state index is 0.0176. The third kappa shape index (κ3) is 4.61. The van der Waals surface area contributed by atoms with Crippen molar-refractivity contribution in [3.63, 3.8) is 0 Å². The first-order valence-electron chi connectivity index (χ1n) is 9.73. The summed E-state index contributed by atoms with van der Waals surface area (Å²) < 4.78 is 16.6. The van der Waals surface area contributed by atoms with Gasteiger partial charge in [-0.25, -0.2) is 9.37 Å². The van der Waals surface area contributed by atoms with E-state index >= 15 is 0 Å². The van der Waals surface area contributed by atoms with E-state index in [2.05, 4.69) is 39.3 Å². The molecule has 1 amide bonds. The molecule has 3 aromatic rings. The van der Waals surface area contributed by atoms with Crippen LogP contribution in [0.25, 0.3) is 11.0 Å². The number of hydrogen-bond acceptors (Lipinski definition) is 2. The van der Waals surface area contributed by atoms with Crippen LogP contribution in [-0.2, 0) is 13.1 Å². The van der Waals surface area contributed by atoms with Gasteiger partial charge in [0, 0.05) is 29.2 Å². The van der Waals surface area contributed by atoms with Crippen LogP contribution in [0.15, 0.2) is 46.9 Å². The number of imidazole rings is 1. The van der Waals surface area contributed by atoms with Crippen LogP contribution < -0.4 is 0 Å². The van der Waals surface area contributed by atoms with E-state index in [1.807, 2.05) is 29.2 Å². The van der Waals surface area contributed by atoms with Gasteiger partial charge in [-0.15, -0.1) is 0 Å². The largest absolute Gasteiger partial charge is 0.331 e. The van der Waals surface area contributed by atoms with Crippen molar-refractivity contribution in [1.82, 2.24) is 14.5 Å². The van der Waals surface area contributed by atoms with Crippen LogP contribution in [-0.4, -0.2) is 26.9 Å². The van der Waals surface area contributed by atoms with Gasteiger partial charge in [0.25, 0.3) is 5.91 Å².